The summed E-state index contributed by atoms with van der Waals surface area (Å²) in [5.74, 6) is 0. The van der Waals surface area contributed by atoms with Gasteiger partial charge in [0.2, 0.25) is 0 Å². The number of aromatic nitrogens is 2. The summed E-state index contributed by atoms with van der Waals surface area (Å²) in [4.78, 5) is 0. The molecule has 21 heavy (non-hydrogen) atoms. The van der Waals surface area contributed by atoms with Crippen molar-refractivity contribution in [2.45, 2.75) is 17.7 Å². The molecule has 1 heterocycles. The van der Waals surface area contributed by atoms with Crippen LogP contribution in [0, 0.1) is 0 Å². The normalized spacial score (nSPS) is 12.4. The topological polar surface area (TPSA) is 101 Å². The van der Waals surface area contributed by atoms with E-state index in [1.807, 2.05) is 4.72 Å². The lowest BCUT2D eigenvalue weighted by Crippen LogP contribution is -2.19. The van der Waals surface area contributed by atoms with Crippen LogP contribution in [0.3, 0.4) is 0 Å². The first kappa shape index (κ1) is 15.3. The van der Waals surface area contributed by atoms with Crippen molar-refractivity contribution in [1.82, 2.24) is 10.2 Å². The highest BCUT2D eigenvalue weighted by Gasteiger charge is 2.34. The van der Waals surface area contributed by atoms with Crippen molar-refractivity contribution >= 4 is 15.7 Å². The zero-order valence-corrected chi connectivity index (χ0v) is 11.3. The molecule has 114 valence electrons. The Labute approximate surface area is 118 Å². The van der Waals surface area contributed by atoms with E-state index in [-0.39, 0.29) is 17.1 Å². The summed E-state index contributed by atoms with van der Waals surface area (Å²) < 4.78 is 64.6. The predicted octanol–water partition coefficient (Wildman–Crippen LogP) is 1.69. The summed E-state index contributed by atoms with van der Waals surface area (Å²) >= 11 is 0. The van der Waals surface area contributed by atoms with Crippen LogP contribution in [0.15, 0.2) is 35.5 Å². The second kappa shape index (κ2) is 5.37. The highest BCUT2D eigenvalue weighted by atomic mass is 32.2. The van der Waals surface area contributed by atoms with E-state index >= 15 is 0 Å². The summed E-state index contributed by atoms with van der Waals surface area (Å²) in [6, 6.07) is 4.28. The molecule has 2 rings (SSSR count). The number of anilines is 1. The van der Waals surface area contributed by atoms with E-state index in [1.54, 1.807) is 0 Å². The number of halogens is 3. The Balaban J connectivity index is 2.43. The Kier molecular flexibility index (Phi) is 3.92. The molecule has 0 spiro atoms. The first-order valence-electron chi connectivity index (χ1n) is 5.67. The van der Waals surface area contributed by atoms with E-state index in [9.17, 15) is 21.6 Å². The number of hydrogen-bond acceptors (Lipinski definition) is 4. The van der Waals surface area contributed by atoms with Gasteiger partial charge in [0.15, 0.2) is 5.03 Å². The molecule has 6 nitrogen and oxygen atoms in total. The van der Waals surface area contributed by atoms with Crippen LogP contribution < -0.4 is 10.5 Å². The van der Waals surface area contributed by atoms with Gasteiger partial charge in [0, 0.05) is 12.1 Å². The van der Waals surface area contributed by atoms with Crippen LogP contribution in [0.1, 0.15) is 11.1 Å². The van der Waals surface area contributed by atoms with Crippen LogP contribution in [-0.2, 0) is 22.7 Å². The lowest BCUT2D eigenvalue weighted by molar-refractivity contribution is -0.136. The molecule has 0 radical (unpaired) electrons. The van der Waals surface area contributed by atoms with Crippen LogP contribution >= 0.6 is 0 Å². The summed E-state index contributed by atoms with van der Waals surface area (Å²) in [7, 11) is -4.24. The SMILES string of the molecule is NCc1cn[nH]c1S(=O)(=O)Nc1ccccc1C(F)(F)F. The van der Waals surface area contributed by atoms with Gasteiger partial charge in [0.05, 0.1) is 17.4 Å². The van der Waals surface area contributed by atoms with Crippen molar-refractivity contribution < 1.29 is 21.6 Å². The Morgan fingerprint density at radius 3 is 2.57 bits per heavy atom. The number of nitrogens with one attached hydrogen (secondary N) is 2. The number of benzene rings is 1. The molecular weight excluding hydrogens is 309 g/mol. The molecule has 2 aromatic rings. The number of aromatic amines is 1. The van der Waals surface area contributed by atoms with E-state index in [1.165, 1.54) is 18.3 Å². The number of rotatable bonds is 4. The van der Waals surface area contributed by atoms with E-state index in [0.717, 1.165) is 12.1 Å². The fourth-order valence-electron chi connectivity index (χ4n) is 1.69. The minimum absolute atomic E-state index is 0.117. The van der Waals surface area contributed by atoms with Gasteiger partial charge in [0.25, 0.3) is 10.0 Å². The largest absolute Gasteiger partial charge is 0.418 e. The quantitative estimate of drug-likeness (QED) is 0.798. The summed E-state index contributed by atoms with van der Waals surface area (Å²) in [5.41, 5.74) is 3.88. The van der Waals surface area contributed by atoms with E-state index in [4.69, 9.17) is 5.73 Å². The molecule has 0 unspecified atom stereocenters. The molecule has 10 heteroatoms. The predicted molar refractivity (Wildman–Crippen MR) is 68.7 cm³/mol. The molecule has 0 bridgehead atoms. The molecule has 0 aliphatic carbocycles. The van der Waals surface area contributed by atoms with E-state index < -0.39 is 27.5 Å². The van der Waals surface area contributed by atoms with Crippen molar-refractivity contribution in [3.05, 3.63) is 41.6 Å². The Bertz CT molecular complexity index is 740. The molecule has 0 aliphatic rings. The van der Waals surface area contributed by atoms with Gasteiger partial charge in [-0.15, -0.1) is 0 Å². The van der Waals surface area contributed by atoms with Crippen molar-refractivity contribution in [3.8, 4) is 0 Å². The molecular formula is C11H11F3N4O2S. The maximum Gasteiger partial charge on any atom is 0.418 e. The standard InChI is InChI=1S/C11H11F3N4O2S/c12-11(13,14)8-3-1-2-4-9(8)18-21(19,20)10-7(5-15)6-16-17-10/h1-4,6,18H,5,15H2,(H,16,17). The molecule has 0 atom stereocenters. The molecule has 0 fully saturated rings. The third-order valence-electron chi connectivity index (χ3n) is 2.64. The zero-order valence-electron chi connectivity index (χ0n) is 10.5. The zero-order chi connectivity index (χ0) is 15.7. The average molecular weight is 320 g/mol. The Morgan fingerprint density at radius 1 is 1.29 bits per heavy atom. The van der Waals surface area contributed by atoms with Crippen LogP contribution in [0.2, 0.25) is 0 Å². The molecule has 1 aromatic carbocycles. The number of nitrogens with zero attached hydrogens (tertiary/aromatic N) is 1. The second-order valence-electron chi connectivity index (χ2n) is 4.08. The number of H-pyrrole nitrogens is 1. The molecule has 0 saturated carbocycles. The van der Waals surface area contributed by atoms with Gasteiger partial charge in [0.1, 0.15) is 0 Å². The minimum Gasteiger partial charge on any atom is -0.326 e. The van der Waals surface area contributed by atoms with Gasteiger partial charge in [-0.25, -0.2) is 0 Å². The summed E-state index contributed by atoms with van der Waals surface area (Å²) in [6.07, 6.45) is -3.48. The van der Waals surface area contributed by atoms with Crippen LogP contribution in [0.4, 0.5) is 18.9 Å². The van der Waals surface area contributed by atoms with Crippen LogP contribution in [0.5, 0.6) is 0 Å². The number of sulfonamides is 1. The maximum absolute atomic E-state index is 12.8. The highest BCUT2D eigenvalue weighted by molar-refractivity contribution is 7.92. The summed E-state index contributed by atoms with van der Waals surface area (Å²) in [5, 5.41) is 5.38. The van der Waals surface area contributed by atoms with Crippen molar-refractivity contribution in [3.63, 3.8) is 0 Å². The molecule has 0 amide bonds. The van der Waals surface area contributed by atoms with Gasteiger partial charge in [-0.05, 0) is 12.1 Å². The maximum atomic E-state index is 12.8. The van der Waals surface area contributed by atoms with E-state index in [2.05, 4.69) is 10.2 Å². The van der Waals surface area contributed by atoms with Crippen molar-refractivity contribution in [2.24, 2.45) is 5.73 Å². The Hall–Kier alpha value is -2.07. The number of alkyl halides is 3. The first-order chi connectivity index (χ1) is 9.75. The third-order valence-corrected chi connectivity index (χ3v) is 4.02. The first-order valence-corrected chi connectivity index (χ1v) is 7.15. The Morgan fingerprint density at radius 2 is 1.95 bits per heavy atom. The molecule has 4 N–H and O–H groups in total. The van der Waals surface area contributed by atoms with Gasteiger partial charge >= 0.3 is 6.18 Å². The molecule has 0 saturated heterocycles. The number of para-hydroxylation sites is 1. The second-order valence-corrected chi connectivity index (χ2v) is 5.70. The number of hydrogen-bond donors (Lipinski definition) is 3. The fourth-order valence-corrected chi connectivity index (χ4v) is 2.92. The van der Waals surface area contributed by atoms with E-state index in [0.29, 0.717) is 0 Å². The van der Waals surface area contributed by atoms with Gasteiger partial charge in [-0.3, -0.25) is 9.82 Å². The lowest BCUT2D eigenvalue weighted by atomic mass is 10.2. The summed E-state index contributed by atoms with van der Waals surface area (Å²) in [6.45, 7) is -0.117. The van der Waals surface area contributed by atoms with Crippen LogP contribution in [0.25, 0.3) is 0 Å². The van der Waals surface area contributed by atoms with Gasteiger partial charge < -0.3 is 5.73 Å². The molecule has 0 aliphatic heterocycles. The lowest BCUT2D eigenvalue weighted by Gasteiger charge is -2.14. The van der Waals surface area contributed by atoms with Gasteiger partial charge in [-0.1, -0.05) is 12.1 Å². The smallest absolute Gasteiger partial charge is 0.326 e. The van der Waals surface area contributed by atoms with Gasteiger partial charge in [-0.2, -0.15) is 26.7 Å². The third kappa shape index (κ3) is 3.16. The monoisotopic (exact) mass is 320 g/mol. The van der Waals surface area contributed by atoms with Crippen molar-refractivity contribution in [1.29, 1.82) is 0 Å². The minimum atomic E-state index is -4.68. The van der Waals surface area contributed by atoms with Crippen molar-refractivity contribution in [2.75, 3.05) is 4.72 Å². The average Bonchev–Trinajstić information content (AvgIpc) is 2.86. The number of nitrogens with two attached hydrogens (primary N) is 1. The molecule has 1 aromatic heterocycles. The van der Waals surface area contributed by atoms with Crippen LogP contribution in [-0.4, -0.2) is 18.6 Å². The highest BCUT2D eigenvalue weighted by Crippen LogP contribution is 2.35. The fraction of sp³-hybridized carbons (Fsp3) is 0.182.